The molecule has 0 atom stereocenters. The Kier molecular flexibility index (Phi) is 7.17. The van der Waals surface area contributed by atoms with E-state index in [-0.39, 0.29) is 17.9 Å². The molecule has 2 saturated heterocycles. The SMILES string of the molecule is N#Cc1ncc(N2CN(c3ccc(C(=O)NCCN4CCOCC4)c(F)c3)C3(CCC3)C2=O)cc1C(F)(F)F. The lowest BCUT2D eigenvalue weighted by molar-refractivity contribution is -0.138. The van der Waals surface area contributed by atoms with E-state index in [0.29, 0.717) is 44.8 Å². The molecule has 3 aliphatic rings. The van der Waals surface area contributed by atoms with Crippen LogP contribution in [-0.2, 0) is 15.7 Å². The van der Waals surface area contributed by atoms with Gasteiger partial charge in [-0.1, -0.05) is 0 Å². The molecule has 1 aromatic heterocycles. The Morgan fingerprint density at radius 2 is 1.92 bits per heavy atom. The topological polar surface area (TPSA) is 102 Å². The van der Waals surface area contributed by atoms with Gasteiger partial charge in [0.05, 0.1) is 42.9 Å². The van der Waals surface area contributed by atoms with E-state index in [0.717, 1.165) is 31.8 Å². The molecule has 3 fully saturated rings. The third-order valence-corrected chi connectivity index (χ3v) is 7.55. The summed E-state index contributed by atoms with van der Waals surface area (Å²) in [6.07, 6.45) is -2.15. The Balaban J connectivity index is 1.34. The number of morpholine rings is 1. The highest BCUT2D eigenvalue weighted by Gasteiger charge is 2.57. The molecular weight excluding hydrogens is 520 g/mol. The van der Waals surface area contributed by atoms with Gasteiger partial charge in [-0.3, -0.25) is 19.4 Å². The second kappa shape index (κ2) is 10.4. The summed E-state index contributed by atoms with van der Waals surface area (Å²) in [7, 11) is 0. The monoisotopic (exact) mass is 546 g/mol. The summed E-state index contributed by atoms with van der Waals surface area (Å²) in [4.78, 5) is 34.7. The number of nitrogens with one attached hydrogen (secondary N) is 1. The summed E-state index contributed by atoms with van der Waals surface area (Å²) >= 11 is 0. The average molecular weight is 547 g/mol. The molecule has 1 spiro atoms. The number of aromatic nitrogens is 1. The van der Waals surface area contributed by atoms with Crippen molar-refractivity contribution in [2.75, 3.05) is 55.9 Å². The Morgan fingerprint density at radius 1 is 1.18 bits per heavy atom. The van der Waals surface area contributed by atoms with Crippen molar-refractivity contribution >= 4 is 23.2 Å². The van der Waals surface area contributed by atoms with Crippen LogP contribution in [0.1, 0.15) is 40.9 Å². The highest BCUT2D eigenvalue weighted by molar-refractivity contribution is 6.07. The van der Waals surface area contributed by atoms with Gasteiger partial charge in [0.1, 0.15) is 17.4 Å². The molecule has 1 N–H and O–H groups in total. The van der Waals surface area contributed by atoms with E-state index in [4.69, 9.17) is 10.00 Å². The fraction of sp³-hybridized carbons (Fsp3) is 0.462. The van der Waals surface area contributed by atoms with Crippen molar-refractivity contribution in [2.24, 2.45) is 0 Å². The minimum Gasteiger partial charge on any atom is -0.379 e. The van der Waals surface area contributed by atoms with Crippen molar-refractivity contribution in [2.45, 2.75) is 31.0 Å². The van der Waals surface area contributed by atoms with Crippen molar-refractivity contribution in [1.82, 2.24) is 15.2 Å². The molecule has 2 aliphatic heterocycles. The normalized spacial score (nSPS) is 19.2. The van der Waals surface area contributed by atoms with Crippen molar-refractivity contribution in [3.63, 3.8) is 0 Å². The summed E-state index contributed by atoms with van der Waals surface area (Å²) < 4.78 is 60.9. The minimum absolute atomic E-state index is 0.100. The number of anilines is 2. The minimum atomic E-state index is -4.83. The van der Waals surface area contributed by atoms with Gasteiger partial charge < -0.3 is 15.0 Å². The zero-order valence-corrected chi connectivity index (χ0v) is 20.9. The Bertz CT molecular complexity index is 1320. The highest BCUT2D eigenvalue weighted by atomic mass is 19.4. The van der Waals surface area contributed by atoms with E-state index in [1.54, 1.807) is 4.90 Å². The molecule has 0 radical (unpaired) electrons. The number of rotatable bonds is 6. The number of carbonyl (C=O) groups is 2. The lowest BCUT2D eigenvalue weighted by Crippen LogP contribution is -2.54. The number of amides is 2. The van der Waals surface area contributed by atoms with Crippen molar-refractivity contribution in [3.8, 4) is 6.07 Å². The molecule has 0 bridgehead atoms. The van der Waals surface area contributed by atoms with E-state index in [9.17, 15) is 22.8 Å². The number of halogens is 4. The van der Waals surface area contributed by atoms with E-state index in [2.05, 4.69) is 15.2 Å². The van der Waals surface area contributed by atoms with E-state index < -0.39 is 40.6 Å². The molecule has 206 valence electrons. The number of alkyl halides is 3. The van der Waals surface area contributed by atoms with Gasteiger partial charge in [0, 0.05) is 31.9 Å². The first kappa shape index (κ1) is 26.8. The molecule has 9 nitrogen and oxygen atoms in total. The van der Waals surface area contributed by atoms with Crippen LogP contribution >= 0.6 is 0 Å². The molecule has 3 heterocycles. The molecule has 2 amide bonds. The predicted molar refractivity (Wildman–Crippen MR) is 131 cm³/mol. The van der Waals surface area contributed by atoms with Gasteiger partial charge in [0.25, 0.3) is 11.8 Å². The number of nitriles is 1. The van der Waals surface area contributed by atoms with Crippen LogP contribution in [0.2, 0.25) is 0 Å². The molecule has 39 heavy (non-hydrogen) atoms. The van der Waals surface area contributed by atoms with Crippen molar-refractivity contribution in [1.29, 1.82) is 5.26 Å². The summed E-state index contributed by atoms with van der Waals surface area (Å²) in [5, 5.41) is 11.8. The van der Waals surface area contributed by atoms with Gasteiger partial charge in [-0.15, -0.1) is 0 Å². The predicted octanol–water partition coefficient (Wildman–Crippen LogP) is 2.91. The third-order valence-electron chi connectivity index (χ3n) is 7.55. The molecule has 1 saturated carbocycles. The number of hydrogen-bond donors (Lipinski definition) is 1. The number of nitrogens with zero attached hydrogens (tertiary/aromatic N) is 5. The maximum Gasteiger partial charge on any atom is 0.419 e. The van der Waals surface area contributed by atoms with Crippen LogP contribution in [0.5, 0.6) is 0 Å². The fourth-order valence-electron chi connectivity index (χ4n) is 5.24. The Hall–Kier alpha value is -3.76. The molecule has 13 heteroatoms. The van der Waals surface area contributed by atoms with Gasteiger partial charge in [0.15, 0.2) is 5.69 Å². The summed E-state index contributed by atoms with van der Waals surface area (Å²) in [6.45, 7) is 3.62. The molecule has 1 aliphatic carbocycles. The van der Waals surface area contributed by atoms with Crippen LogP contribution < -0.4 is 15.1 Å². The smallest absolute Gasteiger partial charge is 0.379 e. The van der Waals surface area contributed by atoms with Gasteiger partial charge in [-0.2, -0.15) is 18.4 Å². The lowest BCUT2D eigenvalue weighted by Gasteiger charge is -2.43. The Labute approximate surface area is 221 Å². The lowest BCUT2D eigenvalue weighted by atomic mass is 9.75. The van der Waals surface area contributed by atoms with Gasteiger partial charge in [0.2, 0.25) is 0 Å². The van der Waals surface area contributed by atoms with Crippen molar-refractivity contribution in [3.05, 3.63) is 53.1 Å². The second-order valence-corrected chi connectivity index (χ2v) is 9.76. The summed E-state index contributed by atoms with van der Waals surface area (Å²) in [5.41, 5.74) is -2.94. The molecule has 2 aromatic rings. The molecular formula is C26H26F4N6O3. The Morgan fingerprint density at radius 3 is 2.54 bits per heavy atom. The van der Waals surface area contributed by atoms with Crippen LogP contribution in [0, 0.1) is 17.1 Å². The maximum atomic E-state index is 15.1. The summed E-state index contributed by atoms with van der Waals surface area (Å²) in [6, 6.07) is 6.22. The van der Waals surface area contributed by atoms with Crippen LogP contribution in [0.25, 0.3) is 0 Å². The van der Waals surface area contributed by atoms with Gasteiger partial charge in [-0.25, -0.2) is 9.37 Å². The molecule has 0 unspecified atom stereocenters. The largest absolute Gasteiger partial charge is 0.419 e. The molecule has 1 aromatic carbocycles. The number of ether oxygens (including phenoxy) is 1. The van der Waals surface area contributed by atoms with Gasteiger partial charge >= 0.3 is 6.18 Å². The maximum absolute atomic E-state index is 15.1. The van der Waals surface area contributed by atoms with Crippen LogP contribution in [0.4, 0.5) is 28.9 Å². The van der Waals surface area contributed by atoms with E-state index >= 15 is 4.39 Å². The number of hydrogen-bond acceptors (Lipinski definition) is 7. The van der Waals surface area contributed by atoms with Crippen molar-refractivity contribution < 1.29 is 31.9 Å². The quantitative estimate of drug-likeness (QED) is 0.556. The first-order valence-corrected chi connectivity index (χ1v) is 12.6. The van der Waals surface area contributed by atoms with E-state index in [1.165, 1.54) is 29.2 Å². The third kappa shape index (κ3) is 5.02. The zero-order chi connectivity index (χ0) is 27.8. The van der Waals surface area contributed by atoms with Crippen LogP contribution in [-0.4, -0.2) is 73.3 Å². The van der Waals surface area contributed by atoms with Crippen LogP contribution in [0.15, 0.2) is 30.5 Å². The average Bonchev–Trinajstić information content (AvgIpc) is 3.21. The van der Waals surface area contributed by atoms with Gasteiger partial charge in [-0.05, 0) is 43.5 Å². The zero-order valence-electron chi connectivity index (χ0n) is 20.9. The second-order valence-electron chi connectivity index (χ2n) is 9.76. The first-order valence-electron chi connectivity index (χ1n) is 12.6. The first-order chi connectivity index (χ1) is 18.6. The van der Waals surface area contributed by atoms with E-state index in [1.807, 2.05) is 0 Å². The highest BCUT2D eigenvalue weighted by Crippen LogP contribution is 2.47. The molecule has 5 rings (SSSR count). The number of pyridine rings is 1. The standard InChI is InChI=1S/C26H26F4N6O3/c27-21-13-17(2-3-19(21)23(37)32-6-7-34-8-10-39-11-9-34)36-16-35(24(38)25(36)4-1-5-25)18-12-20(26(28,29)30)22(14-31)33-15-18/h2-3,12-13,15H,1,4-11,16H2,(H,32,37). The number of carbonyl (C=O) groups excluding carboxylic acids is 2. The fourth-order valence-corrected chi connectivity index (χ4v) is 5.24. The van der Waals surface area contributed by atoms with Crippen LogP contribution in [0.3, 0.4) is 0 Å². The summed E-state index contributed by atoms with van der Waals surface area (Å²) in [5.74, 6) is -1.75. The number of benzene rings is 1.